The molecule has 0 fully saturated rings. The lowest BCUT2D eigenvalue weighted by Crippen LogP contribution is -2.27. The van der Waals surface area contributed by atoms with Gasteiger partial charge in [0.1, 0.15) is 11.4 Å². The summed E-state index contributed by atoms with van der Waals surface area (Å²) in [5.74, 6) is -1.11. The molecule has 0 aromatic carbocycles. The highest BCUT2D eigenvalue weighted by Crippen LogP contribution is 2.18. The molecule has 0 atom stereocenters. The van der Waals surface area contributed by atoms with Crippen LogP contribution in [0.5, 0.6) is 0 Å². The third-order valence-electron chi connectivity index (χ3n) is 2.02. The molecule has 88 valence electrons. The van der Waals surface area contributed by atoms with Gasteiger partial charge in [0.15, 0.2) is 0 Å². The lowest BCUT2D eigenvalue weighted by molar-refractivity contribution is 0.0696. The van der Waals surface area contributed by atoms with Crippen LogP contribution in [0, 0.1) is 6.92 Å². The van der Waals surface area contributed by atoms with E-state index < -0.39 is 18.9 Å². The lowest BCUT2D eigenvalue weighted by atomic mass is 10.2. The van der Waals surface area contributed by atoms with Crippen LogP contribution in [0.1, 0.15) is 16.1 Å². The van der Waals surface area contributed by atoms with E-state index in [2.05, 4.69) is 4.98 Å². The van der Waals surface area contributed by atoms with Crippen molar-refractivity contribution in [3.05, 3.63) is 23.4 Å². The Balaban J connectivity index is 3.09. The summed E-state index contributed by atoms with van der Waals surface area (Å²) in [5.41, 5.74) is 0.509. The normalized spacial score (nSPS) is 10.6. The van der Waals surface area contributed by atoms with Crippen molar-refractivity contribution < 1.29 is 18.7 Å². The number of halogens is 2. The second-order valence-corrected chi connectivity index (χ2v) is 3.40. The molecule has 0 unspecified atom stereocenters. The number of hydrogen-bond donors (Lipinski definition) is 1. The van der Waals surface area contributed by atoms with Crippen LogP contribution in [0.3, 0.4) is 0 Å². The lowest BCUT2D eigenvalue weighted by Gasteiger charge is -2.19. The van der Waals surface area contributed by atoms with E-state index in [9.17, 15) is 13.6 Å². The summed E-state index contributed by atoms with van der Waals surface area (Å²) < 4.78 is 24.4. The molecule has 0 bridgehead atoms. The van der Waals surface area contributed by atoms with Crippen LogP contribution in [-0.4, -0.2) is 36.1 Å². The van der Waals surface area contributed by atoms with Crippen molar-refractivity contribution in [2.75, 3.05) is 18.5 Å². The highest BCUT2D eigenvalue weighted by Gasteiger charge is 2.17. The zero-order valence-corrected chi connectivity index (χ0v) is 8.94. The van der Waals surface area contributed by atoms with Crippen LogP contribution in [0.15, 0.2) is 12.1 Å². The average Bonchev–Trinajstić information content (AvgIpc) is 2.15. The molecule has 0 saturated carbocycles. The smallest absolute Gasteiger partial charge is 0.339 e. The number of alkyl halides is 2. The zero-order chi connectivity index (χ0) is 12.3. The third kappa shape index (κ3) is 2.88. The second-order valence-electron chi connectivity index (χ2n) is 3.40. The molecular weight excluding hydrogens is 218 g/mol. The van der Waals surface area contributed by atoms with E-state index in [1.807, 2.05) is 0 Å². The van der Waals surface area contributed by atoms with E-state index in [1.165, 1.54) is 19.2 Å². The van der Waals surface area contributed by atoms with Gasteiger partial charge in [0.25, 0.3) is 6.43 Å². The van der Waals surface area contributed by atoms with Gasteiger partial charge in [0, 0.05) is 12.7 Å². The molecule has 16 heavy (non-hydrogen) atoms. The van der Waals surface area contributed by atoms with E-state index in [0.717, 1.165) is 4.90 Å². The summed E-state index contributed by atoms with van der Waals surface area (Å²) in [6.45, 7) is 1.13. The first-order chi connectivity index (χ1) is 7.41. The number of aromatic carboxylic acids is 1. The second kappa shape index (κ2) is 4.87. The summed E-state index contributed by atoms with van der Waals surface area (Å²) in [7, 11) is 1.39. The molecule has 0 aliphatic rings. The number of aryl methyl sites for hydroxylation is 1. The Bertz CT molecular complexity index is 396. The monoisotopic (exact) mass is 230 g/mol. The van der Waals surface area contributed by atoms with Gasteiger partial charge in [0.05, 0.1) is 6.54 Å². The Morgan fingerprint density at radius 1 is 1.56 bits per heavy atom. The standard InChI is InChI=1S/C10H12F2N2O2/c1-6-3-4-7(10(15)16)9(13-6)14(2)5-8(11)12/h3-4,8H,5H2,1-2H3,(H,15,16). The van der Waals surface area contributed by atoms with Crippen molar-refractivity contribution in [3.8, 4) is 0 Å². The molecule has 4 nitrogen and oxygen atoms in total. The van der Waals surface area contributed by atoms with E-state index in [-0.39, 0.29) is 11.4 Å². The maximum Gasteiger partial charge on any atom is 0.339 e. The van der Waals surface area contributed by atoms with Crippen molar-refractivity contribution in [2.24, 2.45) is 0 Å². The quantitative estimate of drug-likeness (QED) is 0.856. The Hall–Kier alpha value is -1.72. The fourth-order valence-corrected chi connectivity index (χ4v) is 1.29. The number of anilines is 1. The molecule has 0 saturated heterocycles. The molecule has 0 aliphatic carbocycles. The minimum absolute atomic E-state index is 0.0628. The number of carbonyl (C=O) groups is 1. The Labute approximate surface area is 91.5 Å². The maximum absolute atomic E-state index is 12.2. The molecule has 0 spiro atoms. The molecule has 1 rings (SSSR count). The Morgan fingerprint density at radius 3 is 2.69 bits per heavy atom. The van der Waals surface area contributed by atoms with Gasteiger partial charge in [-0.15, -0.1) is 0 Å². The summed E-state index contributed by atoms with van der Waals surface area (Å²) in [4.78, 5) is 16.0. The first-order valence-corrected chi connectivity index (χ1v) is 4.62. The summed E-state index contributed by atoms with van der Waals surface area (Å²) in [6.07, 6.45) is -2.53. The predicted octanol–water partition coefficient (Wildman–Crippen LogP) is 1.79. The minimum Gasteiger partial charge on any atom is -0.478 e. The van der Waals surface area contributed by atoms with Crippen molar-refractivity contribution in [2.45, 2.75) is 13.3 Å². The van der Waals surface area contributed by atoms with E-state index >= 15 is 0 Å². The average molecular weight is 230 g/mol. The number of hydrogen-bond acceptors (Lipinski definition) is 3. The van der Waals surface area contributed by atoms with Crippen molar-refractivity contribution in [1.29, 1.82) is 0 Å². The van der Waals surface area contributed by atoms with Crippen molar-refractivity contribution in [1.82, 2.24) is 4.98 Å². The van der Waals surface area contributed by atoms with Gasteiger partial charge in [-0.2, -0.15) is 0 Å². The maximum atomic E-state index is 12.2. The Kier molecular flexibility index (Phi) is 3.76. The number of carboxylic acids is 1. The van der Waals surface area contributed by atoms with E-state index in [4.69, 9.17) is 5.11 Å². The molecule has 1 aromatic heterocycles. The summed E-state index contributed by atoms with van der Waals surface area (Å²) in [6, 6.07) is 2.89. The van der Waals surface area contributed by atoms with Gasteiger partial charge < -0.3 is 10.0 Å². The zero-order valence-electron chi connectivity index (χ0n) is 8.94. The first-order valence-electron chi connectivity index (χ1n) is 4.62. The van der Waals surface area contributed by atoms with E-state index in [1.54, 1.807) is 6.92 Å². The highest BCUT2D eigenvalue weighted by atomic mass is 19.3. The fraction of sp³-hybridized carbons (Fsp3) is 0.400. The van der Waals surface area contributed by atoms with Gasteiger partial charge in [-0.25, -0.2) is 18.6 Å². The fourth-order valence-electron chi connectivity index (χ4n) is 1.29. The number of carboxylic acid groups (broad SMARTS) is 1. The predicted molar refractivity (Wildman–Crippen MR) is 55.2 cm³/mol. The molecule has 0 aliphatic heterocycles. The summed E-state index contributed by atoms with van der Waals surface area (Å²) >= 11 is 0. The number of nitrogens with zero attached hydrogens (tertiary/aromatic N) is 2. The van der Waals surface area contributed by atoms with Crippen LogP contribution in [-0.2, 0) is 0 Å². The molecule has 0 amide bonds. The van der Waals surface area contributed by atoms with Gasteiger partial charge in [-0.05, 0) is 19.1 Å². The molecule has 1 aromatic rings. The SMILES string of the molecule is Cc1ccc(C(=O)O)c(N(C)CC(F)F)n1. The van der Waals surface area contributed by atoms with Crippen LogP contribution in [0.4, 0.5) is 14.6 Å². The number of rotatable bonds is 4. The van der Waals surface area contributed by atoms with Gasteiger partial charge in [0.2, 0.25) is 0 Å². The molecule has 1 heterocycles. The molecular formula is C10H12F2N2O2. The first kappa shape index (κ1) is 12.4. The topological polar surface area (TPSA) is 53.4 Å². The minimum atomic E-state index is -2.53. The number of aromatic nitrogens is 1. The molecule has 0 radical (unpaired) electrons. The third-order valence-corrected chi connectivity index (χ3v) is 2.02. The largest absolute Gasteiger partial charge is 0.478 e. The van der Waals surface area contributed by atoms with Crippen molar-refractivity contribution in [3.63, 3.8) is 0 Å². The molecule has 1 N–H and O–H groups in total. The van der Waals surface area contributed by atoms with Crippen LogP contribution >= 0.6 is 0 Å². The van der Waals surface area contributed by atoms with Gasteiger partial charge >= 0.3 is 5.97 Å². The van der Waals surface area contributed by atoms with Crippen LogP contribution in [0.2, 0.25) is 0 Å². The van der Waals surface area contributed by atoms with Crippen LogP contribution in [0.25, 0.3) is 0 Å². The van der Waals surface area contributed by atoms with E-state index in [0.29, 0.717) is 5.69 Å². The highest BCUT2D eigenvalue weighted by molar-refractivity contribution is 5.93. The van der Waals surface area contributed by atoms with Gasteiger partial charge in [-0.1, -0.05) is 0 Å². The van der Waals surface area contributed by atoms with Crippen LogP contribution < -0.4 is 4.90 Å². The van der Waals surface area contributed by atoms with Crippen molar-refractivity contribution >= 4 is 11.8 Å². The number of pyridine rings is 1. The summed E-state index contributed by atoms with van der Waals surface area (Å²) in [5, 5.41) is 8.89. The Morgan fingerprint density at radius 2 is 2.19 bits per heavy atom. The molecule has 6 heteroatoms. The van der Waals surface area contributed by atoms with Gasteiger partial charge in [-0.3, -0.25) is 0 Å².